The summed E-state index contributed by atoms with van der Waals surface area (Å²) in [6.45, 7) is 0. The molecule has 1 aromatic heterocycles. The SMILES string of the molecule is O=Cc1nccc([N+](=O)[O-])c1Oc1ccccc1. The zero-order valence-electron chi connectivity index (χ0n) is 9.15. The van der Waals surface area contributed by atoms with Gasteiger partial charge >= 0.3 is 5.69 Å². The molecule has 0 radical (unpaired) electrons. The van der Waals surface area contributed by atoms with Crippen LogP contribution in [0.3, 0.4) is 0 Å². The number of carbonyl (C=O) groups excluding carboxylic acids is 1. The van der Waals surface area contributed by atoms with E-state index in [0.717, 1.165) is 0 Å². The smallest absolute Gasteiger partial charge is 0.315 e. The fourth-order valence-electron chi connectivity index (χ4n) is 1.39. The molecule has 18 heavy (non-hydrogen) atoms. The number of pyridine rings is 1. The van der Waals surface area contributed by atoms with Gasteiger partial charge in [0, 0.05) is 12.3 Å². The van der Waals surface area contributed by atoms with Gasteiger partial charge in [0.2, 0.25) is 5.75 Å². The van der Waals surface area contributed by atoms with E-state index in [0.29, 0.717) is 12.0 Å². The van der Waals surface area contributed by atoms with Crippen molar-refractivity contribution in [1.29, 1.82) is 0 Å². The van der Waals surface area contributed by atoms with Crippen LogP contribution in [0.4, 0.5) is 5.69 Å². The van der Waals surface area contributed by atoms with E-state index >= 15 is 0 Å². The minimum absolute atomic E-state index is 0.104. The quantitative estimate of drug-likeness (QED) is 0.469. The molecule has 0 unspecified atom stereocenters. The molecule has 0 aliphatic heterocycles. The monoisotopic (exact) mass is 244 g/mol. The van der Waals surface area contributed by atoms with Crippen LogP contribution in [0.2, 0.25) is 0 Å². The number of hydrogen-bond donors (Lipinski definition) is 0. The highest BCUT2D eigenvalue weighted by Crippen LogP contribution is 2.32. The topological polar surface area (TPSA) is 82.3 Å². The maximum Gasteiger partial charge on any atom is 0.315 e. The summed E-state index contributed by atoms with van der Waals surface area (Å²) in [5, 5.41) is 10.9. The predicted octanol–water partition coefficient (Wildman–Crippen LogP) is 2.59. The first-order valence-corrected chi connectivity index (χ1v) is 5.04. The third kappa shape index (κ3) is 2.32. The average molecular weight is 244 g/mol. The van der Waals surface area contributed by atoms with Crippen molar-refractivity contribution >= 4 is 12.0 Å². The number of rotatable bonds is 4. The van der Waals surface area contributed by atoms with E-state index in [4.69, 9.17) is 4.74 Å². The lowest BCUT2D eigenvalue weighted by atomic mass is 10.3. The van der Waals surface area contributed by atoms with Gasteiger partial charge in [-0.15, -0.1) is 0 Å². The van der Waals surface area contributed by atoms with Gasteiger partial charge in [0.25, 0.3) is 0 Å². The molecule has 6 heteroatoms. The van der Waals surface area contributed by atoms with Crippen molar-refractivity contribution in [2.45, 2.75) is 0 Å². The summed E-state index contributed by atoms with van der Waals surface area (Å²) in [4.78, 5) is 24.8. The highest BCUT2D eigenvalue weighted by atomic mass is 16.6. The molecule has 0 bridgehead atoms. The largest absolute Gasteiger partial charge is 0.448 e. The number of ether oxygens (including phenoxy) is 1. The molecular formula is C12H8N2O4. The minimum Gasteiger partial charge on any atom is -0.448 e. The van der Waals surface area contributed by atoms with E-state index in [-0.39, 0.29) is 17.1 Å². The Labute approximate surface area is 102 Å². The molecule has 6 nitrogen and oxygen atoms in total. The maximum absolute atomic E-state index is 10.9. The first-order chi connectivity index (χ1) is 8.72. The summed E-state index contributed by atoms with van der Waals surface area (Å²) >= 11 is 0. The van der Waals surface area contributed by atoms with Gasteiger partial charge in [0.05, 0.1) is 4.92 Å². The summed E-state index contributed by atoms with van der Waals surface area (Å²) in [6, 6.07) is 9.67. The lowest BCUT2D eigenvalue weighted by Crippen LogP contribution is -1.99. The molecule has 0 saturated carbocycles. The van der Waals surface area contributed by atoms with Gasteiger partial charge in [-0.3, -0.25) is 14.9 Å². The summed E-state index contributed by atoms with van der Waals surface area (Å²) in [7, 11) is 0. The van der Waals surface area contributed by atoms with Crippen LogP contribution in [-0.2, 0) is 0 Å². The Morgan fingerprint density at radius 3 is 2.56 bits per heavy atom. The molecule has 0 N–H and O–H groups in total. The Balaban J connectivity index is 2.48. The fraction of sp³-hybridized carbons (Fsp3) is 0. The first kappa shape index (κ1) is 11.7. The molecule has 0 fully saturated rings. The van der Waals surface area contributed by atoms with Crippen LogP contribution in [0.25, 0.3) is 0 Å². The van der Waals surface area contributed by atoms with E-state index in [1.54, 1.807) is 30.3 Å². The third-order valence-corrected chi connectivity index (χ3v) is 2.18. The van der Waals surface area contributed by atoms with E-state index < -0.39 is 4.92 Å². The van der Waals surface area contributed by atoms with Gasteiger partial charge in [-0.05, 0) is 12.1 Å². The van der Waals surface area contributed by atoms with Crippen LogP contribution in [0.1, 0.15) is 10.5 Å². The van der Waals surface area contributed by atoms with E-state index in [2.05, 4.69) is 4.98 Å². The van der Waals surface area contributed by atoms with Crippen LogP contribution in [0.15, 0.2) is 42.6 Å². The zero-order valence-corrected chi connectivity index (χ0v) is 9.15. The van der Waals surface area contributed by atoms with Crippen molar-refractivity contribution in [2.75, 3.05) is 0 Å². The highest BCUT2D eigenvalue weighted by Gasteiger charge is 2.20. The molecule has 0 atom stereocenters. The molecule has 0 amide bonds. The lowest BCUT2D eigenvalue weighted by molar-refractivity contribution is -0.385. The number of nitro groups is 1. The second-order valence-corrected chi connectivity index (χ2v) is 3.33. The molecule has 2 aromatic rings. The standard InChI is InChI=1S/C12H8N2O4/c15-8-10-12(11(14(16)17)6-7-13-10)18-9-4-2-1-3-5-9/h1-8H. The Morgan fingerprint density at radius 1 is 1.22 bits per heavy atom. The second-order valence-electron chi connectivity index (χ2n) is 3.33. The summed E-state index contributed by atoms with van der Waals surface area (Å²) < 4.78 is 5.36. The van der Waals surface area contributed by atoms with Crippen molar-refractivity contribution in [2.24, 2.45) is 0 Å². The Morgan fingerprint density at radius 2 is 1.94 bits per heavy atom. The van der Waals surface area contributed by atoms with Crippen molar-refractivity contribution in [3.63, 3.8) is 0 Å². The normalized spacial score (nSPS) is 9.78. The Bertz CT molecular complexity index is 584. The summed E-state index contributed by atoms with van der Waals surface area (Å²) in [5.74, 6) is 0.250. The van der Waals surface area contributed by atoms with Crippen LogP contribution in [-0.4, -0.2) is 16.2 Å². The average Bonchev–Trinajstić information content (AvgIpc) is 2.40. The predicted molar refractivity (Wildman–Crippen MR) is 62.8 cm³/mol. The van der Waals surface area contributed by atoms with Crippen LogP contribution in [0.5, 0.6) is 11.5 Å². The molecule has 0 aliphatic rings. The summed E-state index contributed by atoms with van der Waals surface area (Å²) in [5.41, 5.74) is -0.399. The minimum atomic E-state index is -0.618. The number of para-hydroxylation sites is 1. The van der Waals surface area contributed by atoms with E-state index in [1.165, 1.54) is 12.3 Å². The summed E-state index contributed by atoms with van der Waals surface area (Å²) in [6.07, 6.45) is 1.62. The van der Waals surface area contributed by atoms with Crippen molar-refractivity contribution < 1.29 is 14.5 Å². The Hall–Kier alpha value is -2.76. The fourth-order valence-corrected chi connectivity index (χ4v) is 1.39. The van der Waals surface area contributed by atoms with Crippen molar-refractivity contribution in [1.82, 2.24) is 4.98 Å². The number of aromatic nitrogens is 1. The number of carbonyl (C=O) groups is 1. The van der Waals surface area contributed by atoms with Gasteiger partial charge in [0.15, 0.2) is 12.0 Å². The molecule has 1 heterocycles. The van der Waals surface area contributed by atoms with Gasteiger partial charge in [-0.25, -0.2) is 4.98 Å². The molecular weight excluding hydrogens is 236 g/mol. The number of nitrogens with zero attached hydrogens (tertiary/aromatic N) is 2. The van der Waals surface area contributed by atoms with Crippen molar-refractivity contribution in [3.8, 4) is 11.5 Å². The van der Waals surface area contributed by atoms with Gasteiger partial charge < -0.3 is 4.74 Å². The van der Waals surface area contributed by atoms with Crippen LogP contribution < -0.4 is 4.74 Å². The Kier molecular flexibility index (Phi) is 3.29. The molecule has 1 aromatic carbocycles. The lowest BCUT2D eigenvalue weighted by Gasteiger charge is -2.07. The van der Waals surface area contributed by atoms with Crippen LogP contribution in [0, 0.1) is 10.1 Å². The number of benzene rings is 1. The number of hydrogen-bond acceptors (Lipinski definition) is 5. The van der Waals surface area contributed by atoms with E-state index in [1.807, 2.05) is 0 Å². The molecule has 0 aliphatic carbocycles. The molecule has 0 saturated heterocycles. The first-order valence-electron chi connectivity index (χ1n) is 5.04. The molecule has 2 rings (SSSR count). The maximum atomic E-state index is 10.9. The van der Waals surface area contributed by atoms with Gasteiger partial charge in [0.1, 0.15) is 5.75 Å². The highest BCUT2D eigenvalue weighted by molar-refractivity contribution is 5.79. The zero-order chi connectivity index (χ0) is 13.0. The molecule has 90 valence electrons. The third-order valence-electron chi connectivity index (χ3n) is 2.18. The van der Waals surface area contributed by atoms with Crippen LogP contribution >= 0.6 is 0 Å². The van der Waals surface area contributed by atoms with Gasteiger partial charge in [-0.2, -0.15) is 0 Å². The number of aldehydes is 1. The van der Waals surface area contributed by atoms with Crippen molar-refractivity contribution in [3.05, 3.63) is 58.4 Å². The van der Waals surface area contributed by atoms with E-state index in [9.17, 15) is 14.9 Å². The second kappa shape index (κ2) is 5.05. The molecule has 0 spiro atoms. The van der Waals surface area contributed by atoms with Gasteiger partial charge in [-0.1, -0.05) is 18.2 Å².